The van der Waals surface area contributed by atoms with Crippen LogP contribution in [0.15, 0.2) is 15.2 Å². The summed E-state index contributed by atoms with van der Waals surface area (Å²) in [5.74, 6) is 0. The van der Waals surface area contributed by atoms with Gasteiger partial charge >= 0.3 is 0 Å². The molecular formula is C20H35BrS. The van der Waals surface area contributed by atoms with E-state index in [1.165, 1.54) is 106 Å². The van der Waals surface area contributed by atoms with Crippen molar-refractivity contribution >= 4 is 27.3 Å². The molecule has 0 aliphatic heterocycles. The van der Waals surface area contributed by atoms with Crippen molar-refractivity contribution in [3.63, 3.8) is 0 Å². The minimum absolute atomic E-state index is 1.25. The van der Waals surface area contributed by atoms with Crippen LogP contribution in [-0.2, 0) is 6.42 Å². The number of unbranched alkanes of at least 4 members (excludes halogenated alkanes) is 13. The molecule has 1 aromatic rings. The Labute approximate surface area is 151 Å². The SMILES string of the molecule is CCCCCCCCCCCCCCCCc1ccsc1Br. The quantitative estimate of drug-likeness (QED) is 0.265. The van der Waals surface area contributed by atoms with Gasteiger partial charge in [-0.15, -0.1) is 11.3 Å². The van der Waals surface area contributed by atoms with Crippen LogP contribution in [0, 0.1) is 0 Å². The Bertz CT molecular complexity index is 345. The second kappa shape index (κ2) is 14.8. The Morgan fingerprint density at radius 3 is 1.59 bits per heavy atom. The third-order valence-corrected chi connectivity index (χ3v) is 6.30. The fraction of sp³-hybridized carbons (Fsp3) is 0.800. The third kappa shape index (κ3) is 10.8. The molecule has 0 spiro atoms. The molecule has 2 heteroatoms. The maximum absolute atomic E-state index is 3.63. The average molecular weight is 387 g/mol. The van der Waals surface area contributed by atoms with Crippen LogP contribution in [0.4, 0.5) is 0 Å². The van der Waals surface area contributed by atoms with Gasteiger partial charge < -0.3 is 0 Å². The highest BCUT2D eigenvalue weighted by molar-refractivity contribution is 9.11. The van der Waals surface area contributed by atoms with E-state index in [-0.39, 0.29) is 0 Å². The molecule has 0 bridgehead atoms. The van der Waals surface area contributed by atoms with Crippen LogP contribution >= 0.6 is 27.3 Å². The monoisotopic (exact) mass is 386 g/mol. The minimum Gasteiger partial charge on any atom is -0.137 e. The molecule has 128 valence electrons. The van der Waals surface area contributed by atoms with E-state index < -0.39 is 0 Å². The number of aryl methyl sites for hydroxylation is 1. The van der Waals surface area contributed by atoms with Crippen LogP contribution < -0.4 is 0 Å². The van der Waals surface area contributed by atoms with Gasteiger partial charge in [0.05, 0.1) is 3.79 Å². The molecule has 0 nitrogen and oxygen atoms in total. The van der Waals surface area contributed by atoms with E-state index in [1.807, 2.05) is 11.3 Å². The molecule has 22 heavy (non-hydrogen) atoms. The van der Waals surface area contributed by atoms with Crippen LogP contribution in [0.1, 0.15) is 102 Å². The van der Waals surface area contributed by atoms with Gasteiger partial charge in [-0.1, -0.05) is 90.4 Å². The molecule has 1 rings (SSSR count). The summed E-state index contributed by atoms with van der Waals surface area (Å²) < 4.78 is 1.34. The summed E-state index contributed by atoms with van der Waals surface area (Å²) in [4.78, 5) is 0. The zero-order chi connectivity index (χ0) is 15.9. The average Bonchev–Trinajstić information content (AvgIpc) is 2.93. The molecule has 0 aliphatic rings. The fourth-order valence-electron chi connectivity index (χ4n) is 3.01. The van der Waals surface area contributed by atoms with Crippen LogP contribution in [0.25, 0.3) is 0 Å². The maximum Gasteiger partial charge on any atom is 0.0730 e. The van der Waals surface area contributed by atoms with Crippen molar-refractivity contribution in [1.82, 2.24) is 0 Å². The zero-order valence-electron chi connectivity index (χ0n) is 14.5. The fourth-order valence-corrected chi connectivity index (χ4v) is 4.34. The van der Waals surface area contributed by atoms with E-state index in [0.717, 1.165) is 0 Å². The summed E-state index contributed by atoms with van der Waals surface area (Å²) in [6, 6.07) is 2.26. The topological polar surface area (TPSA) is 0 Å². The molecule has 1 heterocycles. The first-order valence-corrected chi connectivity index (χ1v) is 11.2. The Balaban J connectivity index is 1.74. The zero-order valence-corrected chi connectivity index (χ0v) is 17.0. The van der Waals surface area contributed by atoms with Crippen LogP contribution in [-0.4, -0.2) is 0 Å². The number of rotatable bonds is 15. The predicted octanol–water partition coefficient (Wildman–Crippen LogP) is 8.53. The van der Waals surface area contributed by atoms with Gasteiger partial charge in [-0.3, -0.25) is 0 Å². The second-order valence-electron chi connectivity index (χ2n) is 6.57. The van der Waals surface area contributed by atoms with E-state index in [9.17, 15) is 0 Å². The smallest absolute Gasteiger partial charge is 0.0730 e. The van der Waals surface area contributed by atoms with E-state index >= 15 is 0 Å². The number of halogens is 1. The van der Waals surface area contributed by atoms with Gasteiger partial charge in [-0.25, -0.2) is 0 Å². The lowest BCUT2D eigenvalue weighted by Gasteiger charge is -2.03. The maximum atomic E-state index is 3.63. The van der Waals surface area contributed by atoms with Gasteiger partial charge in [0, 0.05) is 0 Å². The Morgan fingerprint density at radius 2 is 1.18 bits per heavy atom. The molecule has 0 saturated heterocycles. The Kier molecular flexibility index (Phi) is 13.6. The minimum atomic E-state index is 1.25. The molecule has 0 saturated carbocycles. The summed E-state index contributed by atoms with van der Waals surface area (Å²) in [5, 5.41) is 2.18. The van der Waals surface area contributed by atoms with Gasteiger partial charge in [-0.05, 0) is 45.8 Å². The van der Waals surface area contributed by atoms with Crippen molar-refractivity contribution < 1.29 is 0 Å². The molecular weight excluding hydrogens is 352 g/mol. The molecule has 0 N–H and O–H groups in total. The normalized spacial score (nSPS) is 11.2. The van der Waals surface area contributed by atoms with E-state index in [1.54, 1.807) is 0 Å². The standard InChI is InChI=1S/C20H35BrS/c1-2-3-4-5-6-7-8-9-10-11-12-13-14-15-16-19-17-18-22-20(19)21/h17-18H,2-16H2,1H3. The Hall–Kier alpha value is 0.180. The summed E-state index contributed by atoms with van der Waals surface area (Å²) in [6.07, 6.45) is 21.4. The molecule has 0 atom stereocenters. The third-order valence-electron chi connectivity index (χ3n) is 4.49. The first-order chi connectivity index (χ1) is 10.8. The van der Waals surface area contributed by atoms with Gasteiger partial charge in [0.15, 0.2) is 0 Å². The number of hydrogen-bond donors (Lipinski definition) is 0. The highest BCUT2D eigenvalue weighted by Gasteiger charge is 2.00. The molecule has 0 unspecified atom stereocenters. The Morgan fingerprint density at radius 1 is 0.727 bits per heavy atom. The molecule has 0 amide bonds. The first-order valence-electron chi connectivity index (χ1n) is 9.56. The molecule has 0 radical (unpaired) electrons. The number of thiophene rings is 1. The lowest BCUT2D eigenvalue weighted by molar-refractivity contribution is 0.535. The van der Waals surface area contributed by atoms with Crippen LogP contribution in [0.2, 0.25) is 0 Å². The number of hydrogen-bond acceptors (Lipinski definition) is 1. The van der Waals surface area contributed by atoms with Crippen molar-refractivity contribution in [3.8, 4) is 0 Å². The van der Waals surface area contributed by atoms with Gasteiger partial charge in [0.25, 0.3) is 0 Å². The highest BCUT2D eigenvalue weighted by atomic mass is 79.9. The van der Waals surface area contributed by atoms with Crippen molar-refractivity contribution in [1.29, 1.82) is 0 Å². The van der Waals surface area contributed by atoms with Crippen molar-refractivity contribution in [3.05, 3.63) is 20.8 Å². The van der Waals surface area contributed by atoms with Crippen LogP contribution in [0.5, 0.6) is 0 Å². The lowest BCUT2D eigenvalue weighted by Crippen LogP contribution is -1.85. The summed E-state index contributed by atoms with van der Waals surface area (Å²) in [6.45, 7) is 2.29. The predicted molar refractivity (Wildman–Crippen MR) is 106 cm³/mol. The largest absolute Gasteiger partial charge is 0.137 e. The van der Waals surface area contributed by atoms with E-state index in [4.69, 9.17) is 0 Å². The molecule has 0 aliphatic carbocycles. The van der Waals surface area contributed by atoms with Crippen LogP contribution in [0.3, 0.4) is 0 Å². The summed E-state index contributed by atoms with van der Waals surface area (Å²) in [7, 11) is 0. The highest BCUT2D eigenvalue weighted by Crippen LogP contribution is 2.25. The lowest BCUT2D eigenvalue weighted by atomic mass is 10.0. The summed E-state index contributed by atoms with van der Waals surface area (Å²) in [5.41, 5.74) is 1.50. The molecule has 0 fully saturated rings. The van der Waals surface area contributed by atoms with Gasteiger partial charge in [0.1, 0.15) is 0 Å². The second-order valence-corrected chi connectivity index (χ2v) is 8.80. The van der Waals surface area contributed by atoms with E-state index in [0.29, 0.717) is 0 Å². The molecule has 0 aromatic carbocycles. The van der Waals surface area contributed by atoms with Crippen molar-refractivity contribution in [2.24, 2.45) is 0 Å². The van der Waals surface area contributed by atoms with Gasteiger partial charge in [-0.2, -0.15) is 0 Å². The molecule has 1 aromatic heterocycles. The first kappa shape index (κ1) is 20.2. The summed E-state index contributed by atoms with van der Waals surface area (Å²) >= 11 is 5.43. The van der Waals surface area contributed by atoms with E-state index in [2.05, 4.69) is 34.3 Å². The van der Waals surface area contributed by atoms with Crippen molar-refractivity contribution in [2.45, 2.75) is 103 Å². The van der Waals surface area contributed by atoms with Crippen molar-refractivity contribution in [2.75, 3.05) is 0 Å². The van der Waals surface area contributed by atoms with Gasteiger partial charge in [0.2, 0.25) is 0 Å².